The van der Waals surface area contributed by atoms with Crippen molar-refractivity contribution in [2.45, 2.75) is 0 Å². The number of aliphatic imine (C=N–C) groups is 2. The fourth-order valence-corrected chi connectivity index (χ4v) is 7.31. The average molecular weight is 729 g/mol. The SMILES string of the molecule is S=C=Nc1ccc(-c2cccc(-c3c4nc(cc5cc(N=C=S)c([nH]5)c(-c5ccccc5)c5nc(c(-c6ccccc6)c6ccc3[nH]6)C=C5)C=C4)c2)cc1. The zero-order chi connectivity index (χ0) is 36.4. The molecule has 2 aliphatic rings. The Labute approximate surface area is 321 Å². The first kappa shape index (κ1) is 33.0. The second-order valence-electron chi connectivity index (χ2n) is 12.8. The van der Waals surface area contributed by atoms with Crippen LogP contribution in [0.3, 0.4) is 0 Å². The number of aromatic nitrogens is 4. The maximum absolute atomic E-state index is 5.33. The first-order valence-electron chi connectivity index (χ1n) is 17.3. The van der Waals surface area contributed by atoms with Crippen LogP contribution in [0.25, 0.3) is 90.9 Å². The molecule has 7 aromatic rings. The van der Waals surface area contributed by atoms with E-state index in [0.29, 0.717) is 5.69 Å². The molecule has 0 spiro atoms. The van der Waals surface area contributed by atoms with E-state index in [-0.39, 0.29) is 0 Å². The lowest BCUT2D eigenvalue weighted by atomic mass is 9.98. The Bertz CT molecular complexity index is 2930. The number of aromatic amines is 2. The molecule has 0 radical (unpaired) electrons. The largest absolute Gasteiger partial charge is 0.354 e. The quantitative estimate of drug-likeness (QED) is 0.132. The Morgan fingerprint density at radius 2 is 1.06 bits per heavy atom. The van der Waals surface area contributed by atoms with Gasteiger partial charge in [0.05, 0.1) is 44.3 Å². The molecule has 0 saturated carbocycles. The molecule has 254 valence electrons. The van der Waals surface area contributed by atoms with E-state index < -0.39 is 0 Å². The number of nitrogens with zero attached hydrogens (tertiary/aromatic N) is 4. The Balaban J connectivity index is 1.38. The summed E-state index contributed by atoms with van der Waals surface area (Å²) in [5.74, 6) is 0. The number of fused-ring (bicyclic) bond motifs is 8. The third-order valence-electron chi connectivity index (χ3n) is 9.48. The molecule has 2 aliphatic heterocycles. The van der Waals surface area contributed by atoms with E-state index in [1.807, 2.05) is 66.7 Å². The summed E-state index contributed by atoms with van der Waals surface area (Å²) in [5.41, 5.74) is 16.2. The second kappa shape index (κ2) is 14.2. The number of hydrogen-bond donors (Lipinski definition) is 2. The smallest absolute Gasteiger partial charge is 0.100 e. The molecule has 6 nitrogen and oxygen atoms in total. The fourth-order valence-electron chi connectivity index (χ4n) is 7.10. The summed E-state index contributed by atoms with van der Waals surface area (Å²) in [4.78, 5) is 26.6. The van der Waals surface area contributed by atoms with Crippen molar-refractivity contribution >= 4 is 92.5 Å². The van der Waals surface area contributed by atoms with E-state index in [0.717, 1.165) is 95.0 Å². The van der Waals surface area contributed by atoms with E-state index >= 15 is 0 Å². The Morgan fingerprint density at radius 3 is 1.76 bits per heavy atom. The molecule has 54 heavy (non-hydrogen) atoms. The maximum Gasteiger partial charge on any atom is 0.100 e. The highest BCUT2D eigenvalue weighted by atomic mass is 32.1. The van der Waals surface area contributed by atoms with Crippen LogP contribution in [0.4, 0.5) is 11.4 Å². The maximum atomic E-state index is 5.33. The molecule has 0 saturated heterocycles. The van der Waals surface area contributed by atoms with Crippen LogP contribution in [0, 0.1) is 0 Å². The van der Waals surface area contributed by atoms with Crippen molar-refractivity contribution in [3.8, 4) is 44.5 Å². The van der Waals surface area contributed by atoms with Gasteiger partial charge in [-0.05, 0) is 119 Å². The van der Waals surface area contributed by atoms with Crippen molar-refractivity contribution in [3.63, 3.8) is 0 Å². The topological polar surface area (TPSA) is 82.1 Å². The van der Waals surface area contributed by atoms with Crippen molar-refractivity contribution in [1.82, 2.24) is 19.9 Å². The van der Waals surface area contributed by atoms with Gasteiger partial charge >= 0.3 is 0 Å². The highest BCUT2D eigenvalue weighted by Gasteiger charge is 2.18. The number of thiocarbonyl (C=S) groups is 2. The molecule has 3 aromatic heterocycles. The van der Waals surface area contributed by atoms with Gasteiger partial charge in [0.25, 0.3) is 0 Å². The summed E-state index contributed by atoms with van der Waals surface area (Å²) in [7, 11) is 0. The van der Waals surface area contributed by atoms with Crippen molar-refractivity contribution in [2.75, 3.05) is 0 Å². The third kappa shape index (κ3) is 6.28. The summed E-state index contributed by atoms with van der Waals surface area (Å²) in [6, 6.07) is 45.3. The summed E-state index contributed by atoms with van der Waals surface area (Å²) in [6.45, 7) is 0. The minimum atomic E-state index is 0.669. The van der Waals surface area contributed by atoms with Gasteiger partial charge in [0, 0.05) is 33.2 Å². The van der Waals surface area contributed by atoms with Crippen molar-refractivity contribution < 1.29 is 0 Å². The molecule has 5 heterocycles. The predicted molar refractivity (Wildman–Crippen MR) is 230 cm³/mol. The second-order valence-corrected chi connectivity index (χ2v) is 13.1. The molecule has 9 rings (SSSR count). The zero-order valence-electron chi connectivity index (χ0n) is 28.6. The lowest BCUT2D eigenvalue weighted by molar-refractivity contribution is 1.31. The van der Waals surface area contributed by atoms with E-state index in [9.17, 15) is 0 Å². The predicted octanol–water partition coefficient (Wildman–Crippen LogP) is 12.8. The van der Waals surface area contributed by atoms with Crippen LogP contribution in [0.5, 0.6) is 0 Å². The number of rotatable bonds is 6. The highest BCUT2D eigenvalue weighted by Crippen LogP contribution is 2.39. The Kier molecular flexibility index (Phi) is 8.69. The van der Waals surface area contributed by atoms with Gasteiger partial charge in [-0.2, -0.15) is 9.98 Å². The summed E-state index contributed by atoms with van der Waals surface area (Å²) in [5, 5.41) is 5.03. The summed E-state index contributed by atoms with van der Waals surface area (Å²) >= 11 is 9.92. The molecular weight excluding hydrogens is 701 g/mol. The fraction of sp³-hybridized carbons (Fsp3) is 0. The van der Waals surface area contributed by atoms with Gasteiger partial charge < -0.3 is 9.97 Å². The number of benzene rings is 4. The van der Waals surface area contributed by atoms with E-state index in [2.05, 4.69) is 121 Å². The van der Waals surface area contributed by atoms with Gasteiger partial charge in [0.1, 0.15) is 5.69 Å². The van der Waals surface area contributed by atoms with Crippen LogP contribution in [0.2, 0.25) is 0 Å². The van der Waals surface area contributed by atoms with Gasteiger partial charge in [-0.25, -0.2) is 9.97 Å². The molecule has 0 fully saturated rings. The van der Waals surface area contributed by atoms with E-state index in [4.69, 9.17) is 34.4 Å². The minimum Gasteiger partial charge on any atom is -0.354 e. The third-order valence-corrected chi connectivity index (χ3v) is 9.67. The van der Waals surface area contributed by atoms with Crippen molar-refractivity contribution in [3.05, 3.63) is 156 Å². The van der Waals surface area contributed by atoms with Crippen molar-refractivity contribution in [2.24, 2.45) is 9.98 Å². The molecule has 8 heteroatoms. The molecule has 8 bridgehead atoms. The van der Waals surface area contributed by atoms with Crippen molar-refractivity contribution in [1.29, 1.82) is 0 Å². The lowest BCUT2D eigenvalue weighted by Gasteiger charge is -2.08. The molecular formula is C46H28N6S2. The molecule has 4 aromatic carbocycles. The molecule has 0 atom stereocenters. The number of H-pyrrole nitrogens is 2. The van der Waals surface area contributed by atoms with E-state index in [1.165, 1.54) is 0 Å². The minimum absolute atomic E-state index is 0.669. The molecule has 0 amide bonds. The molecule has 0 aliphatic carbocycles. The number of hydrogen-bond acceptors (Lipinski definition) is 6. The highest BCUT2D eigenvalue weighted by molar-refractivity contribution is 7.78. The van der Waals surface area contributed by atoms with E-state index in [1.54, 1.807) is 0 Å². The van der Waals surface area contributed by atoms with Crippen LogP contribution in [-0.4, -0.2) is 30.3 Å². The summed E-state index contributed by atoms with van der Waals surface area (Å²) < 4.78 is 0. The van der Waals surface area contributed by atoms with Crippen LogP contribution >= 0.6 is 24.4 Å². The van der Waals surface area contributed by atoms with Crippen LogP contribution in [0.15, 0.2) is 143 Å². The first-order chi connectivity index (χ1) is 26.6. The van der Waals surface area contributed by atoms with Gasteiger partial charge in [-0.3, -0.25) is 0 Å². The Hall–Kier alpha value is -6.92. The molecule has 0 unspecified atom stereocenters. The van der Waals surface area contributed by atoms with Crippen LogP contribution in [-0.2, 0) is 0 Å². The number of nitrogens with one attached hydrogen (secondary N) is 2. The molecule has 2 N–H and O–H groups in total. The Morgan fingerprint density at radius 1 is 0.463 bits per heavy atom. The summed E-state index contributed by atoms with van der Waals surface area (Å²) in [6.07, 6.45) is 8.25. The zero-order valence-corrected chi connectivity index (χ0v) is 30.2. The normalized spacial score (nSPS) is 11.6. The number of isothiocyanates is 2. The average Bonchev–Trinajstić information content (AvgIpc) is 4.04. The van der Waals surface area contributed by atoms with Gasteiger partial charge in [-0.1, -0.05) is 91.0 Å². The van der Waals surface area contributed by atoms with Crippen LogP contribution in [0.1, 0.15) is 22.8 Å². The van der Waals surface area contributed by atoms with Gasteiger partial charge in [0.2, 0.25) is 0 Å². The lowest BCUT2D eigenvalue weighted by Crippen LogP contribution is -1.89. The monoisotopic (exact) mass is 728 g/mol. The van der Waals surface area contributed by atoms with Gasteiger partial charge in [-0.15, -0.1) is 0 Å². The first-order valence-corrected chi connectivity index (χ1v) is 18.1. The standard InChI is InChI=1S/C46H28N6S2/c53-27-47-34-16-14-29(15-17-34)32-12-7-13-33(24-32)44-37-19-18-35(49-37)25-36-26-42(48-28-54)46(50-36)45(31-10-5-2-6-11-31)41-23-22-39(52-41)43(30-8-3-1-4-9-30)38-20-21-40(44)51-38/h1-26,50-51H. The van der Waals surface area contributed by atoms with Crippen LogP contribution < -0.4 is 0 Å². The van der Waals surface area contributed by atoms with Gasteiger partial charge in [0.15, 0.2) is 0 Å².